The summed E-state index contributed by atoms with van der Waals surface area (Å²) in [4.78, 5) is 10.4. The van der Waals surface area contributed by atoms with Crippen LogP contribution in [0.4, 0.5) is 0 Å². The van der Waals surface area contributed by atoms with Crippen LogP contribution in [0.5, 0.6) is 0 Å². The molecule has 0 aromatic heterocycles. The number of rotatable bonds is 5. The van der Waals surface area contributed by atoms with E-state index in [2.05, 4.69) is 0 Å². The van der Waals surface area contributed by atoms with E-state index in [0.717, 1.165) is 0 Å². The van der Waals surface area contributed by atoms with E-state index < -0.39 is 27.3 Å². The van der Waals surface area contributed by atoms with Crippen LogP contribution in [0, 0.1) is 5.41 Å². The van der Waals surface area contributed by atoms with Crippen LogP contribution in [0.15, 0.2) is 24.3 Å². The largest absolute Gasteiger partial charge is 0.480 e. The monoisotopic (exact) mass is 256 g/mol. The highest BCUT2D eigenvalue weighted by atomic mass is 32.2. The van der Waals surface area contributed by atoms with Crippen molar-refractivity contribution in [2.24, 2.45) is 5.73 Å². The molecule has 0 fully saturated rings. The van der Waals surface area contributed by atoms with Crippen LogP contribution in [0.25, 0.3) is 0 Å². The number of hydrogen-bond acceptors (Lipinski definition) is 4. The van der Waals surface area contributed by atoms with Gasteiger partial charge in [0.1, 0.15) is 11.6 Å². The zero-order valence-electron chi connectivity index (χ0n) is 8.88. The fourth-order valence-electron chi connectivity index (χ4n) is 1.39. The van der Waals surface area contributed by atoms with Gasteiger partial charge in [0.05, 0.1) is 5.75 Å². The minimum absolute atomic E-state index is 0.244. The van der Waals surface area contributed by atoms with Crippen LogP contribution in [0.3, 0.4) is 0 Å². The SMILES string of the molecule is N=C(N)c1ccccc1CS(=O)(=O)CC(=O)O. The molecule has 7 heteroatoms. The van der Waals surface area contributed by atoms with Crippen molar-refractivity contribution >= 4 is 21.6 Å². The Balaban J connectivity index is 3.04. The van der Waals surface area contributed by atoms with Gasteiger partial charge in [-0.2, -0.15) is 0 Å². The van der Waals surface area contributed by atoms with Gasteiger partial charge in [0.2, 0.25) is 0 Å². The first kappa shape index (κ1) is 13.2. The van der Waals surface area contributed by atoms with Gasteiger partial charge in [-0.05, 0) is 5.56 Å². The predicted molar refractivity (Wildman–Crippen MR) is 62.6 cm³/mol. The lowest BCUT2D eigenvalue weighted by atomic mass is 10.1. The summed E-state index contributed by atoms with van der Waals surface area (Å²) in [7, 11) is -3.74. The van der Waals surface area contributed by atoms with Gasteiger partial charge in [-0.15, -0.1) is 0 Å². The summed E-state index contributed by atoms with van der Waals surface area (Å²) >= 11 is 0. The molecule has 4 N–H and O–H groups in total. The van der Waals surface area contributed by atoms with E-state index in [1.807, 2.05) is 0 Å². The predicted octanol–water partition coefficient (Wildman–Crippen LogP) is -0.0299. The Morgan fingerprint density at radius 1 is 1.35 bits per heavy atom. The van der Waals surface area contributed by atoms with Crippen LogP contribution < -0.4 is 5.73 Å². The quantitative estimate of drug-likeness (QED) is 0.504. The Hall–Kier alpha value is -1.89. The maximum atomic E-state index is 11.5. The van der Waals surface area contributed by atoms with Crippen molar-refractivity contribution < 1.29 is 18.3 Å². The standard InChI is InChI=1S/C10H12N2O4S/c11-10(12)8-4-2-1-3-7(8)5-17(15,16)6-9(13)14/h1-4H,5-6H2,(H3,11,12)(H,13,14). The lowest BCUT2D eigenvalue weighted by molar-refractivity contribution is -0.134. The van der Waals surface area contributed by atoms with Crippen LogP contribution in [-0.4, -0.2) is 31.1 Å². The second kappa shape index (κ2) is 4.96. The Labute approximate surface area is 98.5 Å². The molecule has 1 aromatic carbocycles. The van der Waals surface area contributed by atoms with Crippen LogP contribution in [0.2, 0.25) is 0 Å². The molecule has 0 aliphatic heterocycles. The molecule has 0 heterocycles. The minimum atomic E-state index is -3.74. The van der Waals surface area contributed by atoms with Crippen molar-refractivity contribution in [3.63, 3.8) is 0 Å². The molecule has 0 unspecified atom stereocenters. The van der Waals surface area contributed by atoms with Crippen molar-refractivity contribution in [1.82, 2.24) is 0 Å². The number of hydrogen-bond donors (Lipinski definition) is 3. The number of benzene rings is 1. The molecular formula is C10H12N2O4S. The average Bonchev–Trinajstić information content (AvgIpc) is 2.14. The summed E-state index contributed by atoms with van der Waals surface area (Å²) in [5, 5.41) is 15.8. The van der Waals surface area contributed by atoms with Gasteiger partial charge in [-0.3, -0.25) is 10.2 Å². The fraction of sp³-hybridized carbons (Fsp3) is 0.200. The molecule has 0 radical (unpaired) electrons. The minimum Gasteiger partial charge on any atom is -0.480 e. The van der Waals surface area contributed by atoms with Crippen molar-refractivity contribution in [3.05, 3.63) is 35.4 Å². The Kier molecular flexibility index (Phi) is 3.84. The highest BCUT2D eigenvalue weighted by Gasteiger charge is 2.18. The smallest absolute Gasteiger partial charge is 0.318 e. The first-order valence-electron chi connectivity index (χ1n) is 4.66. The number of nitrogen functional groups attached to an aromatic ring is 1. The molecule has 92 valence electrons. The molecule has 0 atom stereocenters. The van der Waals surface area contributed by atoms with Crippen LogP contribution >= 0.6 is 0 Å². The second-order valence-corrected chi connectivity index (χ2v) is 5.56. The van der Waals surface area contributed by atoms with Crippen LogP contribution in [-0.2, 0) is 20.4 Å². The molecular weight excluding hydrogens is 244 g/mol. The Bertz CT molecular complexity index is 551. The molecule has 6 nitrogen and oxygen atoms in total. The lowest BCUT2D eigenvalue weighted by Gasteiger charge is -2.07. The molecule has 0 spiro atoms. The zero-order valence-corrected chi connectivity index (χ0v) is 9.70. The van der Waals surface area contributed by atoms with Gasteiger partial charge in [-0.25, -0.2) is 8.42 Å². The number of amidine groups is 1. The van der Waals surface area contributed by atoms with E-state index >= 15 is 0 Å². The summed E-state index contributed by atoms with van der Waals surface area (Å²) in [6, 6.07) is 6.27. The average molecular weight is 256 g/mol. The number of sulfone groups is 1. The number of aliphatic carboxylic acids is 1. The molecule has 0 saturated heterocycles. The fourth-order valence-corrected chi connectivity index (χ4v) is 2.59. The Morgan fingerprint density at radius 2 is 1.94 bits per heavy atom. The van der Waals surface area contributed by atoms with Gasteiger partial charge >= 0.3 is 5.97 Å². The van der Waals surface area contributed by atoms with E-state index in [1.165, 1.54) is 12.1 Å². The third-order valence-electron chi connectivity index (χ3n) is 2.03. The number of carboxylic acids is 1. The summed E-state index contributed by atoms with van der Waals surface area (Å²) in [5.74, 6) is -3.01. The second-order valence-electron chi connectivity index (χ2n) is 3.50. The number of nitrogens with two attached hydrogens (primary N) is 1. The van der Waals surface area contributed by atoms with Crippen LogP contribution in [0.1, 0.15) is 11.1 Å². The molecule has 0 aliphatic rings. The molecule has 0 saturated carbocycles. The van der Waals surface area contributed by atoms with E-state index in [9.17, 15) is 13.2 Å². The molecule has 1 rings (SSSR count). The van der Waals surface area contributed by atoms with E-state index in [0.29, 0.717) is 11.1 Å². The number of nitrogens with one attached hydrogen (secondary N) is 1. The molecule has 1 aromatic rings. The number of carboxylic acid groups (broad SMARTS) is 1. The normalized spacial score (nSPS) is 11.1. The van der Waals surface area contributed by atoms with Crippen molar-refractivity contribution in [2.75, 3.05) is 5.75 Å². The third kappa shape index (κ3) is 3.87. The molecule has 17 heavy (non-hydrogen) atoms. The van der Waals surface area contributed by atoms with Gasteiger partial charge in [0.15, 0.2) is 9.84 Å². The molecule has 0 aliphatic carbocycles. The lowest BCUT2D eigenvalue weighted by Crippen LogP contribution is -2.20. The molecule has 0 amide bonds. The molecule has 0 bridgehead atoms. The van der Waals surface area contributed by atoms with E-state index in [4.69, 9.17) is 16.2 Å². The van der Waals surface area contributed by atoms with Gasteiger partial charge in [0.25, 0.3) is 0 Å². The topological polar surface area (TPSA) is 121 Å². The Morgan fingerprint density at radius 3 is 2.47 bits per heavy atom. The highest BCUT2D eigenvalue weighted by molar-refractivity contribution is 7.91. The van der Waals surface area contributed by atoms with Crippen molar-refractivity contribution in [3.8, 4) is 0 Å². The first-order chi connectivity index (χ1) is 7.82. The summed E-state index contributed by atoms with van der Waals surface area (Å²) in [6.45, 7) is 0. The summed E-state index contributed by atoms with van der Waals surface area (Å²) in [6.07, 6.45) is 0. The number of carbonyl (C=O) groups is 1. The van der Waals surface area contributed by atoms with Gasteiger partial charge in [-0.1, -0.05) is 24.3 Å². The van der Waals surface area contributed by atoms with E-state index in [-0.39, 0.29) is 5.84 Å². The highest BCUT2D eigenvalue weighted by Crippen LogP contribution is 2.12. The van der Waals surface area contributed by atoms with Gasteiger partial charge in [0, 0.05) is 5.56 Å². The van der Waals surface area contributed by atoms with Crippen molar-refractivity contribution in [2.45, 2.75) is 5.75 Å². The maximum absolute atomic E-state index is 11.5. The summed E-state index contributed by atoms with van der Waals surface area (Å²) in [5.41, 5.74) is 5.95. The van der Waals surface area contributed by atoms with E-state index in [1.54, 1.807) is 12.1 Å². The third-order valence-corrected chi connectivity index (χ3v) is 3.46. The summed E-state index contributed by atoms with van der Waals surface area (Å²) < 4.78 is 23.0. The van der Waals surface area contributed by atoms with Gasteiger partial charge < -0.3 is 10.8 Å². The maximum Gasteiger partial charge on any atom is 0.318 e. The zero-order chi connectivity index (χ0) is 13.1. The first-order valence-corrected chi connectivity index (χ1v) is 6.48. The van der Waals surface area contributed by atoms with Crippen molar-refractivity contribution in [1.29, 1.82) is 5.41 Å².